The molecule has 166 valence electrons. The zero-order valence-electron chi connectivity index (χ0n) is 17.9. The molecule has 0 spiro atoms. The number of sulfonamides is 1. The van der Waals surface area contributed by atoms with Gasteiger partial charge in [0.15, 0.2) is 0 Å². The molecule has 1 aliphatic carbocycles. The number of hydrogen-bond acceptors (Lipinski definition) is 4. The quantitative estimate of drug-likeness (QED) is 0.486. The minimum absolute atomic E-state index is 0.111. The van der Waals surface area contributed by atoms with Crippen LogP contribution in [0.4, 0.5) is 5.69 Å². The second-order valence-corrected chi connectivity index (χ2v) is 10.2. The van der Waals surface area contributed by atoms with E-state index in [2.05, 4.69) is 10.5 Å². The summed E-state index contributed by atoms with van der Waals surface area (Å²) in [6.07, 6.45) is 6.18. The fourth-order valence-electron chi connectivity index (χ4n) is 3.54. The molecule has 8 heteroatoms. The predicted octanol–water partition coefficient (Wildman–Crippen LogP) is 4.98. The molecule has 0 aliphatic heterocycles. The Labute approximate surface area is 189 Å². The molecule has 0 atom stereocenters. The maximum Gasteiger partial charge on any atom is 0.264 e. The summed E-state index contributed by atoms with van der Waals surface area (Å²) in [7, 11) is -3.99. The van der Waals surface area contributed by atoms with Crippen LogP contribution in [0.3, 0.4) is 0 Å². The number of hydrogen-bond donors (Lipinski definition) is 1. The van der Waals surface area contributed by atoms with Crippen molar-refractivity contribution in [3.63, 3.8) is 0 Å². The lowest BCUT2D eigenvalue weighted by Crippen LogP contribution is -2.40. The molecule has 0 saturated heterocycles. The summed E-state index contributed by atoms with van der Waals surface area (Å²) in [5, 5.41) is 4.66. The lowest BCUT2D eigenvalue weighted by Gasteiger charge is -2.25. The Morgan fingerprint density at radius 3 is 2.32 bits per heavy atom. The number of nitrogens with one attached hydrogen (secondary N) is 1. The van der Waals surface area contributed by atoms with E-state index >= 15 is 0 Å². The topological polar surface area (TPSA) is 78.8 Å². The van der Waals surface area contributed by atoms with Gasteiger partial charge in [-0.15, -0.1) is 0 Å². The van der Waals surface area contributed by atoms with Crippen LogP contribution in [-0.2, 0) is 14.8 Å². The molecular weight excluding hydrogens is 434 g/mol. The van der Waals surface area contributed by atoms with Gasteiger partial charge in [-0.1, -0.05) is 48.2 Å². The largest absolute Gasteiger partial charge is 0.271 e. The number of benzene rings is 2. The SMILES string of the molecule is Cc1ccc(S(=O)(=O)N(CC(=O)NN=C2CCCCCC2)c2cc(Cl)ccc2C)cc1. The minimum atomic E-state index is -3.99. The van der Waals surface area contributed by atoms with E-state index in [1.807, 2.05) is 6.92 Å². The smallest absolute Gasteiger partial charge is 0.264 e. The molecule has 0 unspecified atom stereocenters. The van der Waals surface area contributed by atoms with Crippen molar-refractivity contribution >= 4 is 38.9 Å². The van der Waals surface area contributed by atoms with Crippen molar-refractivity contribution in [2.24, 2.45) is 5.10 Å². The van der Waals surface area contributed by atoms with Crippen LogP contribution in [0, 0.1) is 13.8 Å². The van der Waals surface area contributed by atoms with Crippen molar-refractivity contribution < 1.29 is 13.2 Å². The molecule has 1 N–H and O–H groups in total. The number of halogens is 1. The number of carbonyl (C=O) groups excluding carboxylic acids is 1. The van der Waals surface area contributed by atoms with Gasteiger partial charge in [0.05, 0.1) is 10.6 Å². The first-order valence-corrected chi connectivity index (χ1v) is 12.3. The summed E-state index contributed by atoms with van der Waals surface area (Å²) in [6.45, 7) is 3.27. The second kappa shape index (κ2) is 10.3. The summed E-state index contributed by atoms with van der Waals surface area (Å²) in [6, 6.07) is 11.5. The van der Waals surface area contributed by atoms with Crippen LogP contribution in [0.2, 0.25) is 5.02 Å². The van der Waals surface area contributed by atoms with Crippen molar-refractivity contribution in [3.8, 4) is 0 Å². The molecule has 1 fully saturated rings. The number of anilines is 1. The van der Waals surface area contributed by atoms with Crippen molar-refractivity contribution in [2.75, 3.05) is 10.8 Å². The molecule has 1 aliphatic rings. The van der Waals surface area contributed by atoms with Crippen LogP contribution in [0.25, 0.3) is 0 Å². The van der Waals surface area contributed by atoms with Gasteiger partial charge in [-0.25, -0.2) is 13.8 Å². The molecule has 31 heavy (non-hydrogen) atoms. The van der Waals surface area contributed by atoms with E-state index in [1.54, 1.807) is 49.4 Å². The Balaban J connectivity index is 1.90. The average Bonchev–Trinajstić information content (AvgIpc) is 3.01. The number of rotatable bonds is 6. The first-order chi connectivity index (χ1) is 14.8. The number of amides is 1. The maximum atomic E-state index is 13.5. The highest BCUT2D eigenvalue weighted by molar-refractivity contribution is 7.92. The Morgan fingerprint density at radius 2 is 1.68 bits per heavy atom. The van der Waals surface area contributed by atoms with Crippen LogP contribution in [0.1, 0.15) is 49.7 Å². The van der Waals surface area contributed by atoms with Gasteiger partial charge in [-0.2, -0.15) is 5.10 Å². The Bertz CT molecular complexity index is 1060. The van der Waals surface area contributed by atoms with Crippen LogP contribution >= 0.6 is 11.6 Å². The van der Waals surface area contributed by atoms with Crippen molar-refractivity contribution in [1.29, 1.82) is 0 Å². The summed E-state index contributed by atoms with van der Waals surface area (Å²) in [5.41, 5.74) is 5.52. The van der Waals surface area contributed by atoms with Crippen LogP contribution < -0.4 is 9.73 Å². The van der Waals surface area contributed by atoms with E-state index in [-0.39, 0.29) is 4.90 Å². The van der Waals surface area contributed by atoms with Gasteiger partial charge in [0.2, 0.25) is 0 Å². The summed E-state index contributed by atoms with van der Waals surface area (Å²) < 4.78 is 28.0. The molecule has 0 heterocycles. The third-order valence-electron chi connectivity index (χ3n) is 5.36. The number of carbonyl (C=O) groups is 1. The van der Waals surface area contributed by atoms with Crippen LogP contribution in [0.5, 0.6) is 0 Å². The summed E-state index contributed by atoms with van der Waals surface area (Å²) in [4.78, 5) is 12.8. The van der Waals surface area contributed by atoms with Gasteiger partial charge in [0.25, 0.3) is 15.9 Å². The molecule has 0 bridgehead atoms. The summed E-state index contributed by atoms with van der Waals surface area (Å²) in [5.74, 6) is -0.494. The fraction of sp³-hybridized carbons (Fsp3) is 0.391. The van der Waals surface area contributed by atoms with Gasteiger partial charge in [0, 0.05) is 10.7 Å². The van der Waals surface area contributed by atoms with Crippen molar-refractivity contribution in [3.05, 3.63) is 58.6 Å². The van der Waals surface area contributed by atoms with Crippen molar-refractivity contribution in [1.82, 2.24) is 5.43 Å². The minimum Gasteiger partial charge on any atom is -0.271 e. The zero-order chi connectivity index (χ0) is 22.4. The first kappa shape index (κ1) is 23.3. The van der Waals surface area contributed by atoms with E-state index in [9.17, 15) is 13.2 Å². The van der Waals surface area contributed by atoms with Gasteiger partial charge >= 0.3 is 0 Å². The summed E-state index contributed by atoms with van der Waals surface area (Å²) >= 11 is 6.15. The highest BCUT2D eigenvalue weighted by Gasteiger charge is 2.28. The molecule has 1 amide bonds. The lowest BCUT2D eigenvalue weighted by atomic mass is 10.2. The predicted molar refractivity (Wildman–Crippen MR) is 125 cm³/mol. The highest BCUT2D eigenvalue weighted by atomic mass is 35.5. The van der Waals surface area contributed by atoms with E-state index in [4.69, 9.17) is 11.6 Å². The average molecular weight is 462 g/mol. The monoisotopic (exact) mass is 461 g/mol. The van der Waals surface area contributed by atoms with E-state index < -0.39 is 22.5 Å². The standard InChI is InChI=1S/C23H28ClN3O3S/c1-17-9-13-21(14-10-17)31(29,30)27(22-15-19(24)12-11-18(22)2)16-23(28)26-25-20-7-5-3-4-6-8-20/h9-15H,3-8,16H2,1-2H3,(H,26,28). The Hall–Kier alpha value is -2.38. The van der Waals surface area contributed by atoms with Gasteiger partial charge in [-0.3, -0.25) is 9.10 Å². The molecule has 1 saturated carbocycles. The van der Waals surface area contributed by atoms with Gasteiger partial charge < -0.3 is 0 Å². The van der Waals surface area contributed by atoms with Crippen LogP contribution in [-0.4, -0.2) is 26.6 Å². The molecule has 0 aromatic heterocycles. The Morgan fingerprint density at radius 1 is 1.03 bits per heavy atom. The lowest BCUT2D eigenvalue weighted by molar-refractivity contribution is -0.119. The third kappa shape index (κ3) is 6.08. The fourth-order valence-corrected chi connectivity index (χ4v) is 5.19. The first-order valence-electron chi connectivity index (χ1n) is 10.5. The van der Waals surface area contributed by atoms with E-state index in [0.717, 1.165) is 41.3 Å². The zero-order valence-corrected chi connectivity index (χ0v) is 19.5. The molecule has 3 rings (SSSR count). The van der Waals surface area contributed by atoms with E-state index in [1.165, 1.54) is 12.8 Å². The number of nitrogens with zero attached hydrogens (tertiary/aromatic N) is 2. The molecule has 0 radical (unpaired) electrons. The second-order valence-electron chi connectivity index (χ2n) is 7.88. The number of aryl methyl sites for hydroxylation is 2. The van der Waals surface area contributed by atoms with Gasteiger partial charge in [-0.05, 0) is 69.4 Å². The number of hydrazone groups is 1. The molecular formula is C23H28ClN3O3S. The Kier molecular flexibility index (Phi) is 7.73. The van der Waals surface area contributed by atoms with Gasteiger partial charge in [0.1, 0.15) is 6.54 Å². The van der Waals surface area contributed by atoms with Crippen molar-refractivity contribution in [2.45, 2.75) is 57.3 Å². The normalized spacial score (nSPS) is 14.6. The third-order valence-corrected chi connectivity index (χ3v) is 7.36. The highest BCUT2D eigenvalue weighted by Crippen LogP contribution is 2.29. The van der Waals surface area contributed by atoms with E-state index in [0.29, 0.717) is 16.3 Å². The molecule has 2 aromatic rings. The maximum absolute atomic E-state index is 13.5. The van der Waals surface area contributed by atoms with Crippen LogP contribution in [0.15, 0.2) is 52.5 Å². The molecule has 2 aromatic carbocycles. The molecule has 6 nitrogen and oxygen atoms in total.